The first-order valence-corrected chi connectivity index (χ1v) is 9.80. The van der Waals surface area contributed by atoms with Gasteiger partial charge in [0.15, 0.2) is 12.4 Å². The van der Waals surface area contributed by atoms with E-state index in [-0.39, 0.29) is 18.0 Å². The molecule has 0 unspecified atom stereocenters. The molecule has 32 heavy (non-hydrogen) atoms. The Morgan fingerprint density at radius 3 is 2.53 bits per heavy atom. The van der Waals surface area contributed by atoms with Crippen molar-refractivity contribution in [2.24, 2.45) is 0 Å². The molecule has 4 rings (SSSR count). The van der Waals surface area contributed by atoms with Gasteiger partial charge in [0, 0.05) is 11.8 Å². The normalized spacial score (nSPS) is 10.7. The van der Waals surface area contributed by atoms with Crippen LogP contribution in [0.1, 0.15) is 6.92 Å². The van der Waals surface area contributed by atoms with E-state index < -0.39 is 10.8 Å². The van der Waals surface area contributed by atoms with E-state index in [0.29, 0.717) is 23.3 Å². The summed E-state index contributed by atoms with van der Waals surface area (Å²) in [6.07, 6.45) is 0. The first-order valence-electron chi connectivity index (χ1n) is 9.80. The second-order valence-corrected chi connectivity index (χ2v) is 6.68. The highest BCUT2D eigenvalue weighted by atomic mass is 16.6. The Kier molecular flexibility index (Phi) is 5.93. The van der Waals surface area contributed by atoms with Crippen LogP contribution in [0.5, 0.6) is 11.5 Å². The van der Waals surface area contributed by atoms with E-state index in [2.05, 4.69) is 15.5 Å². The number of hydrogen-bond donors (Lipinski definition) is 1. The smallest absolute Gasteiger partial charge is 0.310 e. The topological polar surface area (TPSA) is 121 Å². The van der Waals surface area contributed by atoms with Crippen molar-refractivity contribution in [3.8, 4) is 17.2 Å². The van der Waals surface area contributed by atoms with E-state index in [0.717, 1.165) is 11.4 Å². The van der Waals surface area contributed by atoms with Crippen molar-refractivity contribution >= 4 is 28.3 Å². The lowest BCUT2D eigenvalue weighted by Gasteiger charge is -2.07. The number of nitro benzene ring substituents is 1. The van der Waals surface area contributed by atoms with Crippen molar-refractivity contribution in [2.75, 3.05) is 18.5 Å². The number of nitro groups is 1. The molecule has 1 amide bonds. The van der Waals surface area contributed by atoms with Gasteiger partial charge in [0.1, 0.15) is 16.8 Å². The van der Waals surface area contributed by atoms with Crippen molar-refractivity contribution in [3.05, 3.63) is 76.8 Å². The Balaban J connectivity index is 1.44. The van der Waals surface area contributed by atoms with Crippen LogP contribution in [-0.2, 0) is 4.79 Å². The highest BCUT2D eigenvalue weighted by molar-refractivity contribution is 5.93. The van der Waals surface area contributed by atoms with E-state index in [1.807, 2.05) is 31.2 Å². The number of amides is 1. The standard InChI is InChI=1S/C22H19N5O5/c1-2-31-17-10-8-16(9-11-17)26-24-18-12-7-15(13-19(18)25-26)23-22(28)14-32-21-6-4-3-5-20(21)27(29)30/h3-13H,2,14H2,1H3,(H,23,28). The van der Waals surface area contributed by atoms with Crippen LogP contribution >= 0.6 is 0 Å². The van der Waals surface area contributed by atoms with Crippen LogP contribution in [0.2, 0.25) is 0 Å². The predicted octanol–water partition coefficient (Wildman–Crippen LogP) is 3.74. The Hall–Kier alpha value is -4.47. The van der Waals surface area contributed by atoms with E-state index in [9.17, 15) is 14.9 Å². The van der Waals surface area contributed by atoms with E-state index in [1.54, 1.807) is 24.3 Å². The Morgan fingerprint density at radius 2 is 1.78 bits per heavy atom. The number of nitrogens with zero attached hydrogens (tertiary/aromatic N) is 4. The number of nitrogens with one attached hydrogen (secondary N) is 1. The van der Waals surface area contributed by atoms with Gasteiger partial charge in [-0.3, -0.25) is 14.9 Å². The van der Waals surface area contributed by atoms with Gasteiger partial charge in [-0.1, -0.05) is 12.1 Å². The monoisotopic (exact) mass is 433 g/mol. The fourth-order valence-corrected chi connectivity index (χ4v) is 3.02. The highest BCUT2D eigenvalue weighted by Crippen LogP contribution is 2.26. The summed E-state index contributed by atoms with van der Waals surface area (Å²) in [5.41, 5.74) is 2.33. The van der Waals surface area contributed by atoms with Gasteiger partial charge in [-0.25, -0.2) is 0 Å². The Bertz CT molecular complexity index is 1270. The number of benzene rings is 3. The molecule has 1 heterocycles. The number of fused-ring (bicyclic) bond motifs is 1. The molecule has 0 bridgehead atoms. The van der Waals surface area contributed by atoms with Crippen molar-refractivity contribution < 1.29 is 19.2 Å². The highest BCUT2D eigenvalue weighted by Gasteiger charge is 2.15. The van der Waals surface area contributed by atoms with Crippen molar-refractivity contribution in [1.29, 1.82) is 0 Å². The van der Waals surface area contributed by atoms with Crippen LogP contribution in [0.15, 0.2) is 66.7 Å². The molecule has 4 aromatic rings. The number of hydrogen-bond acceptors (Lipinski definition) is 7. The maximum absolute atomic E-state index is 12.3. The van der Waals surface area contributed by atoms with Crippen LogP contribution in [0.25, 0.3) is 16.7 Å². The molecule has 0 spiro atoms. The van der Waals surface area contributed by atoms with Crippen LogP contribution < -0.4 is 14.8 Å². The van der Waals surface area contributed by atoms with Gasteiger partial charge in [-0.05, 0) is 55.5 Å². The molecule has 162 valence electrons. The minimum Gasteiger partial charge on any atom is -0.494 e. The molecule has 0 atom stereocenters. The van der Waals surface area contributed by atoms with Crippen LogP contribution in [-0.4, -0.2) is 39.0 Å². The van der Waals surface area contributed by atoms with Crippen LogP contribution in [0.4, 0.5) is 11.4 Å². The van der Waals surface area contributed by atoms with Crippen molar-refractivity contribution in [1.82, 2.24) is 15.0 Å². The molecular formula is C22H19N5O5. The third-order valence-corrected chi connectivity index (χ3v) is 4.46. The minimum atomic E-state index is -0.561. The van der Waals surface area contributed by atoms with E-state index in [4.69, 9.17) is 9.47 Å². The third-order valence-electron chi connectivity index (χ3n) is 4.46. The van der Waals surface area contributed by atoms with Gasteiger partial charge < -0.3 is 14.8 Å². The SMILES string of the molecule is CCOc1ccc(-n2nc3ccc(NC(=O)COc4ccccc4[N+](=O)[O-])cc3n2)cc1. The first kappa shape index (κ1) is 20.8. The molecule has 0 fully saturated rings. The molecule has 0 saturated heterocycles. The number of carbonyl (C=O) groups is 1. The molecule has 10 nitrogen and oxygen atoms in total. The third kappa shape index (κ3) is 4.64. The number of anilines is 1. The second-order valence-electron chi connectivity index (χ2n) is 6.68. The summed E-state index contributed by atoms with van der Waals surface area (Å²) in [7, 11) is 0. The maximum atomic E-state index is 12.3. The lowest BCUT2D eigenvalue weighted by atomic mass is 10.2. The molecule has 10 heteroatoms. The predicted molar refractivity (Wildman–Crippen MR) is 117 cm³/mol. The van der Waals surface area contributed by atoms with E-state index >= 15 is 0 Å². The summed E-state index contributed by atoms with van der Waals surface area (Å²) in [6, 6.07) is 18.4. The largest absolute Gasteiger partial charge is 0.494 e. The zero-order valence-corrected chi connectivity index (χ0v) is 17.1. The number of ether oxygens (including phenoxy) is 2. The second kappa shape index (κ2) is 9.13. The fraction of sp³-hybridized carbons (Fsp3) is 0.136. The summed E-state index contributed by atoms with van der Waals surface area (Å²) < 4.78 is 10.8. The zero-order chi connectivity index (χ0) is 22.5. The fourth-order valence-electron chi connectivity index (χ4n) is 3.02. The molecule has 0 saturated carbocycles. The summed E-state index contributed by atoms with van der Waals surface area (Å²) in [5, 5.41) is 22.6. The molecule has 3 aromatic carbocycles. The molecular weight excluding hydrogens is 414 g/mol. The zero-order valence-electron chi connectivity index (χ0n) is 17.1. The van der Waals surface area contributed by atoms with Gasteiger partial charge in [-0.15, -0.1) is 10.2 Å². The van der Waals surface area contributed by atoms with Crippen LogP contribution in [0, 0.1) is 10.1 Å². The van der Waals surface area contributed by atoms with Crippen molar-refractivity contribution in [3.63, 3.8) is 0 Å². The molecule has 0 radical (unpaired) electrons. The molecule has 1 aromatic heterocycles. The average Bonchev–Trinajstić information content (AvgIpc) is 3.22. The first-order chi connectivity index (χ1) is 15.5. The Morgan fingerprint density at radius 1 is 1.03 bits per heavy atom. The van der Waals surface area contributed by atoms with Gasteiger partial charge in [0.25, 0.3) is 5.91 Å². The molecule has 0 aliphatic carbocycles. The summed E-state index contributed by atoms with van der Waals surface area (Å²) in [4.78, 5) is 24.2. The lowest BCUT2D eigenvalue weighted by Crippen LogP contribution is -2.20. The number of para-hydroxylation sites is 2. The van der Waals surface area contributed by atoms with Gasteiger partial charge in [0.2, 0.25) is 0 Å². The molecule has 0 aliphatic heterocycles. The van der Waals surface area contributed by atoms with Gasteiger partial charge in [-0.2, -0.15) is 4.80 Å². The molecule has 0 aliphatic rings. The van der Waals surface area contributed by atoms with Crippen LogP contribution in [0.3, 0.4) is 0 Å². The van der Waals surface area contributed by atoms with Gasteiger partial charge in [0.05, 0.1) is 17.2 Å². The minimum absolute atomic E-state index is 0.0291. The summed E-state index contributed by atoms with van der Waals surface area (Å²) >= 11 is 0. The lowest BCUT2D eigenvalue weighted by molar-refractivity contribution is -0.385. The summed E-state index contributed by atoms with van der Waals surface area (Å²) in [5.74, 6) is 0.337. The molecule has 1 N–H and O–H groups in total. The van der Waals surface area contributed by atoms with E-state index in [1.165, 1.54) is 23.0 Å². The quantitative estimate of drug-likeness (QED) is 0.332. The number of carbonyl (C=O) groups excluding carboxylic acids is 1. The average molecular weight is 433 g/mol. The maximum Gasteiger partial charge on any atom is 0.310 e. The number of aromatic nitrogens is 3. The van der Waals surface area contributed by atoms with Gasteiger partial charge >= 0.3 is 5.69 Å². The summed E-state index contributed by atoms with van der Waals surface area (Å²) in [6.45, 7) is 2.14. The van der Waals surface area contributed by atoms with Crippen molar-refractivity contribution in [2.45, 2.75) is 6.92 Å². The Labute approximate surface area is 182 Å². The number of rotatable bonds is 8.